The highest BCUT2D eigenvalue weighted by atomic mass is 16.5. The van der Waals surface area contributed by atoms with Gasteiger partial charge in [0.1, 0.15) is 11.5 Å². The van der Waals surface area contributed by atoms with E-state index < -0.39 is 0 Å². The van der Waals surface area contributed by atoms with Gasteiger partial charge in [0.25, 0.3) is 0 Å². The second kappa shape index (κ2) is 6.65. The van der Waals surface area contributed by atoms with E-state index in [-0.39, 0.29) is 0 Å². The van der Waals surface area contributed by atoms with Crippen LogP contribution < -0.4 is 4.74 Å². The average molecular weight is 238 g/mol. The SMILES string of the molecule is CC=CCCc1cccc(Oc2ccccc2)c1. The van der Waals surface area contributed by atoms with Gasteiger partial charge in [0, 0.05) is 0 Å². The first-order valence-corrected chi connectivity index (χ1v) is 6.31. The molecule has 1 nitrogen and oxygen atoms in total. The minimum Gasteiger partial charge on any atom is -0.457 e. The molecule has 0 saturated heterocycles. The third kappa shape index (κ3) is 3.77. The molecule has 1 heteroatoms. The predicted octanol–water partition coefficient (Wildman–Crippen LogP) is 4.99. The number of ether oxygens (including phenoxy) is 1. The van der Waals surface area contributed by atoms with Crippen LogP contribution in [-0.2, 0) is 6.42 Å². The minimum atomic E-state index is 0.878. The molecule has 0 aromatic heterocycles. The third-order valence-electron chi connectivity index (χ3n) is 2.71. The van der Waals surface area contributed by atoms with Crippen LogP contribution in [0.25, 0.3) is 0 Å². The molecule has 0 aliphatic carbocycles. The van der Waals surface area contributed by atoms with Crippen molar-refractivity contribution in [2.45, 2.75) is 19.8 Å². The van der Waals surface area contributed by atoms with Crippen molar-refractivity contribution in [2.24, 2.45) is 0 Å². The third-order valence-corrected chi connectivity index (χ3v) is 2.71. The molecule has 0 heterocycles. The van der Waals surface area contributed by atoms with Gasteiger partial charge in [0.2, 0.25) is 0 Å². The Bertz CT molecular complexity index is 500. The number of aryl methyl sites for hydroxylation is 1. The van der Waals surface area contributed by atoms with Crippen LogP contribution in [0.3, 0.4) is 0 Å². The molecule has 0 fully saturated rings. The van der Waals surface area contributed by atoms with Crippen molar-refractivity contribution >= 4 is 0 Å². The van der Waals surface area contributed by atoms with Crippen LogP contribution in [0.1, 0.15) is 18.9 Å². The Hall–Kier alpha value is -2.02. The van der Waals surface area contributed by atoms with Gasteiger partial charge >= 0.3 is 0 Å². The van der Waals surface area contributed by atoms with Crippen molar-refractivity contribution in [3.8, 4) is 11.5 Å². The van der Waals surface area contributed by atoms with Crippen LogP contribution in [0.4, 0.5) is 0 Å². The van der Waals surface area contributed by atoms with E-state index in [4.69, 9.17) is 4.74 Å². The average Bonchev–Trinajstić information content (AvgIpc) is 2.41. The van der Waals surface area contributed by atoms with Gasteiger partial charge in [-0.05, 0) is 49.6 Å². The number of hydrogen-bond donors (Lipinski definition) is 0. The standard InChI is InChI=1S/C17H18O/c1-2-3-5-9-15-10-8-13-17(14-15)18-16-11-6-4-7-12-16/h2-4,6-8,10-14H,5,9H2,1H3. The number of para-hydroxylation sites is 1. The van der Waals surface area contributed by atoms with Gasteiger partial charge in [-0.2, -0.15) is 0 Å². The first-order chi connectivity index (χ1) is 8.88. The van der Waals surface area contributed by atoms with Crippen LogP contribution in [0.2, 0.25) is 0 Å². The molecule has 0 aliphatic rings. The number of allylic oxidation sites excluding steroid dienone is 2. The summed E-state index contributed by atoms with van der Waals surface area (Å²) in [5.41, 5.74) is 1.31. The Morgan fingerprint density at radius 3 is 2.50 bits per heavy atom. The van der Waals surface area contributed by atoms with Crippen LogP contribution in [-0.4, -0.2) is 0 Å². The summed E-state index contributed by atoms with van der Waals surface area (Å²) < 4.78 is 5.81. The lowest BCUT2D eigenvalue weighted by Crippen LogP contribution is -1.87. The highest BCUT2D eigenvalue weighted by Gasteiger charge is 1.98. The molecule has 0 N–H and O–H groups in total. The zero-order chi connectivity index (χ0) is 12.6. The zero-order valence-corrected chi connectivity index (χ0v) is 10.7. The highest BCUT2D eigenvalue weighted by Crippen LogP contribution is 2.22. The first-order valence-electron chi connectivity index (χ1n) is 6.31. The Balaban J connectivity index is 2.03. The smallest absolute Gasteiger partial charge is 0.127 e. The van der Waals surface area contributed by atoms with Gasteiger partial charge < -0.3 is 4.74 Å². The van der Waals surface area contributed by atoms with Crippen molar-refractivity contribution < 1.29 is 4.74 Å². The van der Waals surface area contributed by atoms with Crippen LogP contribution in [0, 0.1) is 0 Å². The van der Waals surface area contributed by atoms with Crippen LogP contribution in [0.5, 0.6) is 11.5 Å². The predicted molar refractivity (Wildman–Crippen MR) is 76.1 cm³/mol. The fourth-order valence-corrected chi connectivity index (χ4v) is 1.81. The van der Waals surface area contributed by atoms with Gasteiger partial charge in [-0.1, -0.05) is 42.5 Å². The van der Waals surface area contributed by atoms with Gasteiger partial charge in [0.15, 0.2) is 0 Å². The van der Waals surface area contributed by atoms with Crippen molar-refractivity contribution in [1.82, 2.24) is 0 Å². The molecule has 0 saturated carbocycles. The number of rotatable bonds is 5. The van der Waals surface area contributed by atoms with Crippen molar-refractivity contribution in [2.75, 3.05) is 0 Å². The van der Waals surface area contributed by atoms with E-state index in [9.17, 15) is 0 Å². The second-order valence-corrected chi connectivity index (χ2v) is 4.17. The minimum absolute atomic E-state index is 0.878. The van der Waals surface area contributed by atoms with Gasteiger partial charge in [0.05, 0.1) is 0 Å². The van der Waals surface area contributed by atoms with Gasteiger partial charge in [-0.3, -0.25) is 0 Å². The summed E-state index contributed by atoms with van der Waals surface area (Å²) in [4.78, 5) is 0. The van der Waals surface area contributed by atoms with E-state index in [0.717, 1.165) is 24.3 Å². The van der Waals surface area contributed by atoms with Crippen LogP contribution >= 0.6 is 0 Å². The molecule has 0 bridgehead atoms. The first kappa shape index (κ1) is 12.4. The summed E-state index contributed by atoms with van der Waals surface area (Å²) in [5.74, 6) is 1.78. The molecule has 0 spiro atoms. The highest BCUT2D eigenvalue weighted by molar-refractivity contribution is 5.33. The lowest BCUT2D eigenvalue weighted by molar-refractivity contribution is 0.482. The van der Waals surface area contributed by atoms with E-state index in [0.29, 0.717) is 0 Å². The van der Waals surface area contributed by atoms with Crippen molar-refractivity contribution in [1.29, 1.82) is 0 Å². The fourth-order valence-electron chi connectivity index (χ4n) is 1.81. The van der Waals surface area contributed by atoms with E-state index in [2.05, 4.69) is 31.2 Å². The molecule has 0 aliphatic heterocycles. The van der Waals surface area contributed by atoms with Crippen LogP contribution in [0.15, 0.2) is 66.7 Å². The maximum Gasteiger partial charge on any atom is 0.127 e. The molecular formula is C17H18O. The Labute approximate surface area is 109 Å². The second-order valence-electron chi connectivity index (χ2n) is 4.17. The van der Waals surface area contributed by atoms with Gasteiger partial charge in [-0.25, -0.2) is 0 Å². The topological polar surface area (TPSA) is 9.23 Å². The monoisotopic (exact) mass is 238 g/mol. The van der Waals surface area contributed by atoms with E-state index >= 15 is 0 Å². The van der Waals surface area contributed by atoms with E-state index in [1.807, 2.05) is 42.5 Å². The molecule has 2 rings (SSSR count). The maximum absolute atomic E-state index is 5.81. The van der Waals surface area contributed by atoms with Crippen molar-refractivity contribution in [3.05, 3.63) is 72.3 Å². The lowest BCUT2D eigenvalue weighted by atomic mass is 10.1. The Kier molecular flexibility index (Phi) is 4.60. The molecule has 0 radical (unpaired) electrons. The fraction of sp³-hybridized carbons (Fsp3) is 0.176. The molecule has 0 amide bonds. The lowest BCUT2D eigenvalue weighted by Gasteiger charge is -2.07. The number of benzene rings is 2. The molecule has 2 aromatic rings. The van der Waals surface area contributed by atoms with E-state index in [1.54, 1.807) is 0 Å². The molecule has 0 atom stereocenters. The van der Waals surface area contributed by atoms with Crippen molar-refractivity contribution in [3.63, 3.8) is 0 Å². The molecule has 2 aromatic carbocycles. The quantitative estimate of drug-likeness (QED) is 0.667. The molecule has 0 unspecified atom stereocenters. The number of hydrogen-bond acceptors (Lipinski definition) is 1. The van der Waals surface area contributed by atoms with E-state index in [1.165, 1.54) is 5.56 Å². The normalized spacial score (nSPS) is 10.7. The Morgan fingerprint density at radius 1 is 0.944 bits per heavy atom. The summed E-state index contributed by atoms with van der Waals surface area (Å²) >= 11 is 0. The summed E-state index contributed by atoms with van der Waals surface area (Å²) in [7, 11) is 0. The molecular weight excluding hydrogens is 220 g/mol. The maximum atomic E-state index is 5.81. The molecule has 92 valence electrons. The summed E-state index contributed by atoms with van der Waals surface area (Å²) in [6, 6.07) is 18.2. The largest absolute Gasteiger partial charge is 0.457 e. The van der Waals surface area contributed by atoms with Gasteiger partial charge in [-0.15, -0.1) is 0 Å². The Morgan fingerprint density at radius 2 is 1.72 bits per heavy atom. The summed E-state index contributed by atoms with van der Waals surface area (Å²) in [6.07, 6.45) is 6.40. The molecule has 18 heavy (non-hydrogen) atoms. The zero-order valence-electron chi connectivity index (χ0n) is 10.7. The summed E-state index contributed by atoms with van der Waals surface area (Å²) in [5, 5.41) is 0. The summed E-state index contributed by atoms with van der Waals surface area (Å²) in [6.45, 7) is 2.05.